The predicted molar refractivity (Wildman–Crippen MR) is 32.2 cm³/mol. The van der Waals surface area contributed by atoms with Gasteiger partial charge in [0.1, 0.15) is 0 Å². The molecule has 8 heavy (non-hydrogen) atoms. The molecule has 1 fully saturated rings. The zero-order valence-electron chi connectivity index (χ0n) is 4.72. The summed E-state index contributed by atoms with van der Waals surface area (Å²) in [6, 6.07) is 0. The van der Waals surface area contributed by atoms with Crippen molar-refractivity contribution in [3.05, 3.63) is 0 Å². The minimum atomic E-state index is -1.56. The number of rotatable bonds is 0. The van der Waals surface area contributed by atoms with Crippen molar-refractivity contribution in [3.63, 3.8) is 0 Å². The van der Waals surface area contributed by atoms with Gasteiger partial charge in [-0.25, -0.2) is 0 Å². The second kappa shape index (κ2) is 3.19. The summed E-state index contributed by atoms with van der Waals surface area (Å²) >= 11 is -1.64. The molecule has 0 atom stereocenters. The summed E-state index contributed by atoms with van der Waals surface area (Å²) in [5.74, 6) is 0. The molecule has 1 aliphatic rings. The Balaban J connectivity index is 2.33. The van der Waals surface area contributed by atoms with Crippen molar-refractivity contribution >= 4 is 52.5 Å². The van der Waals surface area contributed by atoms with E-state index in [2.05, 4.69) is 13.1 Å². The molecule has 6 heteroatoms. The van der Waals surface area contributed by atoms with Crippen LogP contribution in [0, 0.1) is 0 Å². The summed E-state index contributed by atoms with van der Waals surface area (Å²) in [5, 5.41) is 0. The van der Waals surface area contributed by atoms with Crippen LogP contribution in [-0.2, 0) is 6.94 Å². The van der Waals surface area contributed by atoms with Crippen LogP contribution in [0.25, 0.3) is 0 Å². The first kappa shape index (κ1) is 7.80. The standard InChI is InChI=1S/C2H6O2Si.O.2Sn/c1-5(2,3)4;;;/h1-2H3;;;/q-2;;2*+1. The molecule has 1 rings (SSSR count). The van der Waals surface area contributed by atoms with Gasteiger partial charge < -0.3 is 0 Å². The van der Waals surface area contributed by atoms with Gasteiger partial charge in [-0.15, -0.1) is 0 Å². The van der Waals surface area contributed by atoms with Gasteiger partial charge >= 0.3 is 72.5 Å². The molecule has 4 radical (unpaired) electrons. The molecular weight excluding hydrogens is 338 g/mol. The fourth-order valence-electron chi connectivity index (χ4n) is 0.280. The van der Waals surface area contributed by atoms with Crippen molar-refractivity contribution in [1.29, 1.82) is 0 Å². The molecule has 1 saturated heterocycles. The van der Waals surface area contributed by atoms with Crippen LogP contribution in [0.2, 0.25) is 13.1 Å². The third-order valence-electron chi connectivity index (χ3n) is 0.658. The summed E-state index contributed by atoms with van der Waals surface area (Å²) < 4.78 is 15.9. The quantitative estimate of drug-likeness (QED) is 0.571. The van der Waals surface area contributed by atoms with Gasteiger partial charge in [-0.1, -0.05) is 0 Å². The van der Waals surface area contributed by atoms with Crippen LogP contribution in [0.1, 0.15) is 0 Å². The van der Waals surface area contributed by atoms with Crippen molar-refractivity contribution in [2.75, 3.05) is 0 Å². The third-order valence-corrected chi connectivity index (χ3v) is 15.3. The third kappa shape index (κ3) is 2.52. The molecule has 0 unspecified atom stereocenters. The van der Waals surface area contributed by atoms with Gasteiger partial charge in [-0.05, 0) is 0 Å². The van der Waals surface area contributed by atoms with Crippen LogP contribution in [0.15, 0.2) is 0 Å². The molecule has 1 aliphatic heterocycles. The average Bonchev–Trinajstić information content (AvgIpc) is 1.65. The van der Waals surface area contributed by atoms with Gasteiger partial charge in [-0.3, -0.25) is 0 Å². The Kier molecular flexibility index (Phi) is 3.11. The summed E-state index contributed by atoms with van der Waals surface area (Å²) in [5.41, 5.74) is 0. The van der Waals surface area contributed by atoms with E-state index in [1.165, 1.54) is 0 Å². The first-order valence-electron chi connectivity index (χ1n) is 2.22. The second-order valence-electron chi connectivity index (χ2n) is 1.87. The van der Waals surface area contributed by atoms with E-state index in [-0.39, 0.29) is 0 Å². The molecule has 0 aromatic carbocycles. The van der Waals surface area contributed by atoms with Gasteiger partial charge in [0, 0.05) is 0 Å². The van der Waals surface area contributed by atoms with Gasteiger partial charge in [0.05, 0.1) is 0 Å². The molecule has 0 aliphatic carbocycles. The van der Waals surface area contributed by atoms with Gasteiger partial charge in [0.15, 0.2) is 0 Å². The molecule has 0 spiro atoms. The average molecular weight is 344 g/mol. The topological polar surface area (TPSA) is 27.7 Å². The number of hydrogen-bond acceptors (Lipinski definition) is 3. The fraction of sp³-hybridized carbons (Fsp3) is 1.00. The first-order chi connectivity index (χ1) is 3.71. The van der Waals surface area contributed by atoms with Crippen molar-refractivity contribution in [1.82, 2.24) is 0 Å². The van der Waals surface area contributed by atoms with Crippen LogP contribution in [0.5, 0.6) is 0 Å². The summed E-state index contributed by atoms with van der Waals surface area (Å²) in [6.07, 6.45) is 0. The van der Waals surface area contributed by atoms with E-state index in [1.54, 1.807) is 0 Å². The Morgan fingerprint density at radius 3 is 1.88 bits per heavy atom. The Hall–Kier alpha value is 1.69. The van der Waals surface area contributed by atoms with Crippen molar-refractivity contribution in [2.24, 2.45) is 0 Å². The van der Waals surface area contributed by atoms with Crippen LogP contribution in [0.3, 0.4) is 0 Å². The normalized spacial score (nSPS) is 27.8. The molecule has 0 bridgehead atoms. The minimum absolute atomic E-state index is 0.821. The van der Waals surface area contributed by atoms with E-state index in [4.69, 9.17) is 6.94 Å². The Morgan fingerprint density at radius 1 is 1.12 bits per heavy atom. The molecule has 0 aromatic heterocycles. The van der Waals surface area contributed by atoms with Crippen molar-refractivity contribution in [2.45, 2.75) is 13.1 Å². The Bertz CT molecular complexity index is 79.4. The molecule has 0 amide bonds. The monoisotopic (exact) mass is 346 g/mol. The van der Waals surface area contributed by atoms with E-state index < -0.39 is 52.5 Å². The molecule has 44 valence electrons. The molecule has 0 N–H and O–H groups in total. The van der Waals surface area contributed by atoms with E-state index >= 15 is 0 Å². The molecule has 0 saturated carbocycles. The summed E-state index contributed by atoms with van der Waals surface area (Å²) in [4.78, 5) is 0. The maximum atomic E-state index is 5.37. The molecule has 3 nitrogen and oxygen atoms in total. The van der Waals surface area contributed by atoms with Gasteiger partial charge in [0.2, 0.25) is 0 Å². The van der Waals surface area contributed by atoms with Crippen LogP contribution < -0.4 is 0 Å². The van der Waals surface area contributed by atoms with Crippen LogP contribution in [-0.4, -0.2) is 52.5 Å². The van der Waals surface area contributed by atoms with Gasteiger partial charge in [-0.2, -0.15) is 0 Å². The second-order valence-corrected chi connectivity index (χ2v) is 14.0. The number of hydrogen-bond donors (Lipinski definition) is 0. The molecule has 1 heterocycles. The Morgan fingerprint density at radius 2 is 1.62 bits per heavy atom. The van der Waals surface area contributed by atoms with Gasteiger partial charge in [0.25, 0.3) is 0 Å². The zero-order chi connectivity index (χ0) is 6.04. The van der Waals surface area contributed by atoms with Crippen molar-refractivity contribution < 1.29 is 6.94 Å². The van der Waals surface area contributed by atoms with E-state index in [0.717, 1.165) is 0 Å². The van der Waals surface area contributed by atoms with Crippen LogP contribution >= 0.6 is 0 Å². The zero-order valence-corrected chi connectivity index (χ0v) is 11.4. The molecular formula is C2H6O3SiSn2. The SMILES string of the molecule is C[Si]1(C)[O][Sn][O][Sn][O]1. The van der Waals surface area contributed by atoms with E-state index in [0.29, 0.717) is 0 Å². The Labute approximate surface area is 72.0 Å². The van der Waals surface area contributed by atoms with E-state index in [9.17, 15) is 0 Å². The summed E-state index contributed by atoms with van der Waals surface area (Å²) in [7, 11) is -1.56. The van der Waals surface area contributed by atoms with Crippen LogP contribution in [0.4, 0.5) is 0 Å². The van der Waals surface area contributed by atoms with Crippen molar-refractivity contribution in [3.8, 4) is 0 Å². The van der Waals surface area contributed by atoms with E-state index in [1.807, 2.05) is 0 Å². The summed E-state index contributed by atoms with van der Waals surface area (Å²) in [6.45, 7) is 4.16. The predicted octanol–water partition coefficient (Wildman–Crippen LogP) is -0.180. The fourth-order valence-corrected chi connectivity index (χ4v) is 13.2. The first-order valence-corrected chi connectivity index (χ1v) is 9.70. The maximum absolute atomic E-state index is 5.37. The molecule has 0 aromatic rings.